The van der Waals surface area contributed by atoms with Gasteiger partial charge in [-0.15, -0.1) is 0 Å². The van der Waals surface area contributed by atoms with E-state index in [4.69, 9.17) is 4.74 Å². The van der Waals surface area contributed by atoms with Crippen molar-refractivity contribution in [3.05, 3.63) is 34.1 Å². The molecule has 0 spiro atoms. The first-order valence-corrected chi connectivity index (χ1v) is 9.56. The highest BCUT2D eigenvalue weighted by molar-refractivity contribution is 6.11. The molecule has 0 unspecified atom stereocenters. The second-order valence-electron chi connectivity index (χ2n) is 9.15. The topological polar surface area (TPSA) is 104 Å². The number of phenolic OH excluding ortho intramolecular Hbond substituents is 2. The van der Waals surface area contributed by atoms with E-state index < -0.39 is 28.7 Å². The fraction of sp³-hybridized carbons (Fsp3) is 0.545. The first kappa shape index (κ1) is 20.2. The fourth-order valence-corrected chi connectivity index (χ4v) is 5.27. The van der Waals surface area contributed by atoms with Gasteiger partial charge in [-0.1, -0.05) is 34.6 Å². The van der Waals surface area contributed by atoms with Crippen LogP contribution in [-0.4, -0.2) is 33.2 Å². The van der Waals surface area contributed by atoms with Crippen LogP contribution in [0.4, 0.5) is 0 Å². The first-order chi connectivity index (χ1) is 12.8. The van der Waals surface area contributed by atoms with Crippen LogP contribution < -0.4 is 0 Å². The zero-order chi connectivity index (χ0) is 21.2. The molecule has 0 aromatic heterocycles. The summed E-state index contributed by atoms with van der Waals surface area (Å²) in [5.74, 6) is -2.01. The molecule has 2 atom stereocenters. The van der Waals surface area contributed by atoms with E-state index >= 15 is 0 Å². The first-order valence-electron chi connectivity index (χ1n) is 9.56. The van der Waals surface area contributed by atoms with Crippen LogP contribution in [0.1, 0.15) is 81.8 Å². The van der Waals surface area contributed by atoms with Crippen LogP contribution in [0.15, 0.2) is 17.4 Å². The molecule has 0 amide bonds. The van der Waals surface area contributed by atoms with Gasteiger partial charge in [0.05, 0.1) is 0 Å². The molecule has 0 saturated heterocycles. The van der Waals surface area contributed by atoms with Crippen molar-refractivity contribution in [1.29, 1.82) is 0 Å². The Kier molecular flexibility index (Phi) is 4.52. The van der Waals surface area contributed by atoms with Gasteiger partial charge >= 0.3 is 5.97 Å². The standard InChI is InChI=1S/C22H28O6/c1-10(2)13-7-14-15(18(26)16(13)24)22(6)9-12(28-11(3)23)8-21(4,5)20(22)19(27)17(14)25/h7,10,12,24,26-27H,8-9H2,1-6H3/t12-,22+/m0/s1. The molecule has 2 aliphatic rings. The number of aliphatic hydroxyl groups is 1. The van der Waals surface area contributed by atoms with Gasteiger partial charge in [0.1, 0.15) is 6.10 Å². The average Bonchev–Trinajstić information content (AvgIpc) is 2.52. The molecular weight excluding hydrogens is 360 g/mol. The quantitative estimate of drug-likeness (QED) is 0.517. The number of allylic oxidation sites excluding steroid dienone is 2. The minimum atomic E-state index is -0.966. The van der Waals surface area contributed by atoms with E-state index in [-0.39, 0.29) is 34.3 Å². The Hall–Kier alpha value is -2.50. The predicted molar refractivity (Wildman–Crippen MR) is 104 cm³/mol. The van der Waals surface area contributed by atoms with Crippen LogP contribution in [0.5, 0.6) is 11.5 Å². The number of ketones is 1. The summed E-state index contributed by atoms with van der Waals surface area (Å²) >= 11 is 0. The SMILES string of the molecule is CC(=O)O[C@H]1CC(C)(C)C2=C(O)C(=O)c3cc(C(C)C)c(O)c(O)c3[C@@]2(C)C1. The highest BCUT2D eigenvalue weighted by Crippen LogP contribution is 2.60. The van der Waals surface area contributed by atoms with Crippen LogP contribution in [0, 0.1) is 5.41 Å². The van der Waals surface area contributed by atoms with Gasteiger partial charge in [0, 0.05) is 29.0 Å². The number of ether oxygens (including phenoxy) is 1. The number of rotatable bonds is 2. The molecule has 2 aliphatic carbocycles. The van der Waals surface area contributed by atoms with E-state index in [0.717, 1.165) is 0 Å². The van der Waals surface area contributed by atoms with Crippen molar-refractivity contribution in [1.82, 2.24) is 0 Å². The number of fused-ring (bicyclic) bond motifs is 3. The summed E-state index contributed by atoms with van der Waals surface area (Å²) in [5, 5.41) is 32.4. The number of Topliss-reactive ketones (excluding diaryl/α,β-unsaturated/α-hetero) is 1. The molecule has 28 heavy (non-hydrogen) atoms. The lowest BCUT2D eigenvalue weighted by Crippen LogP contribution is -2.48. The Bertz CT molecular complexity index is 908. The van der Waals surface area contributed by atoms with Crippen molar-refractivity contribution in [3.8, 4) is 11.5 Å². The molecule has 1 aromatic carbocycles. The summed E-state index contributed by atoms with van der Waals surface area (Å²) in [6, 6.07) is 1.55. The van der Waals surface area contributed by atoms with Gasteiger partial charge in [-0.2, -0.15) is 0 Å². The third-order valence-electron chi connectivity index (χ3n) is 6.11. The molecule has 152 valence electrons. The van der Waals surface area contributed by atoms with Crippen molar-refractivity contribution in [2.75, 3.05) is 0 Å². The number of aromatic hydroxyl groups is 2. The zero-order valence-corrected chi connectivity index (χ0v) is 17.2. The van der Waals surface area contributed by atoms with Crippen LogP contribution in [0.2, 0.25) is 0 Å². The maximum Gasteiger partial charge on any atom is 0.302 e. The van der Waals surface area contributed by atoms with E-state index in [1.54, 1.807) is 6.07 Å². The minimum absolute atomic E-state index is 0.124. The smallest absolute Gasteiger partial charge is 0.302 e. The Morgan fingerprint density at radius 3 is 2.29 bits per heavy atom. The Morgan fingerprint density at radius 1 is 1.14 bits per heavy atom. The molecule has 0 radical (unpaired) electrons. The summed E-state index contributed by atoms with van der Waals surface area (Å²) in [5.41, 5.74) is -0.196. The van der Waals surface area contributed by atoms with Crippen LogP contribution in [-0.2, 0) is 14.9 Å². The summed E-state index contributed by atoms with van der Waals surface area (Å²) < 4.78 is 5.48. The average molecular weight is 388 g/mol. The molecule has 1 fully saturated rings. The lowest BCUT2D eigenvalue weighted by Gasteiger charge is -2.51. The van der Waals surface area contributed by atoms with Crippen molar-refractivity contribution in [2.45, 2.75) is 71.8 Å². The molecule has 0 bridgehead atoms. The third kappa shape index (κ3) is 2.77. The second kappa shape index (κ2) is 6.26. The molecule has 3 rings (SSSR count). The van der Waals surface area contributed by atoms with Crippen molar-refractivity contribution < 1.29 is 29.6 Å². The molecule has 3 N–H and O–H groups in total. The van der Waals surface area contributed by atoms with Gasteiger partial charge in [0.25, 0.3) is 0 Å². The third-order valence-corrected chi connectivity index (χ3v) is 6.11. The number of benzene rings is 1. The van der Waals surface area contributed by atoms with Gasteiger partial charge in [-0.3, -0.25) is 9.59 Å². The number of carbonyl (C=O) groups is 2. The Labute approximate surface area is 164 Å². The largest absolute Gasteiger partial charge is 0.504 e. The molecule has 6 nitrogen and oxygen atoms in total. The van der Waals surface area contributed by atoms with Crippen molar-refractivity contribution in [3.63, 3.8) is 0 Å². The summed E-state index contributed by atoms with van der Waals surface area (Å²) in [6.45, 7) is 10.6. The van der Waals surface area contributed by atoms with Gasteiger partial charge in [0.2, 0.25) is 5.78 Å². The minimum Gasteiger partial charge on any atom is -0.504 e. The van der Waals surface area contributed by atoms with Gasteiger partial charge < -0.3 is 20.1 Å². The number of hydrogen-bond acceptors (Lipinski definition) is 6. The maximum atomic E-state index is 13.0. The van der Waals surface area contributed by atoms with E-state index in [0.29, 0.717) is 24.0 Å². The normalized spacial score (nSPS) is 26.1. The summed E-state index contributed by atoms with van der Waals surface area (Å²) in [7, 11) is 0. The van der Waals surface area contributed by atoms with Crippen LogP contribution in [0.25, 0.3) is 0 Å². The highest BCUT2D eigenvalue weighted by atomic mass is 16.5. The molecule has 1 aromatic rings. The van der Waals surface area contributed by atoms with Crippen LogP contribution in [0.3, 0.4) is 0 Å². The predicted octanol–water partition coefficient (Wildman–Crippen LogP) is 4.24. The number of hydrogen-bond donors (Lipinski definition) is 3. The molecule has 1 saturated carbocycles. The van der Waals surface area contributed by atoms with Crippen molar-refractivity contribution >= 4 is 11.8 Å². The van der Waals surface area contributed by atoms with E-state index in [1.807, 2.05) is 34.6 Å². The maximum absolute atomic E-state index is 13.0. The second-order valence-corrected chi connectivity index (χ2v) is 9.15. The van der Waals surface area contributed by atoms with Gasteiger partial charge in [-0.25, -0.2) is 0 Å². The summed E-state index contributed by atoms with van der Waals surface area (Å²) in [4.78, 5) is 24.6. The van der Waals surface area contributed by atoms with E-state index in [1.165, 1.54) is 6.92 Å². The lowest BCUT2D eigenvalue weighted by molar-refractivity contribution is -0.149. The van der Waals surface area contributed by atoms with Gasteiger partial charge in [0.15, 0.2) is 17.3 Å². The molecule has 6 heteroatoms. The van der Waals surface area contributed by atoms with E-state index in [2.05, 4.69) is 0 Å². The van der Waals surface area contributed by atoms with Crippen molar-refractivity contribution in [2.24, 2.45) is 5.41 Å². The van der Waals surface area contributed by atoms with Crippen LogP contribution >= 0.6 is 0 Å². The van der Waals surface area contributed by atoms with Gasteiger partial charge in [-0.05, 0) is 35.8 Å². The zero-order valence-electron chi connectivity index (χ0n) is 17.2. The number of aliphatic hydroxyl groups excluding tert-OH is 1. The number of phenols is 2. The highest BCUT2D eigenvalue weighted by Gasteiger charge is 2.55. The molecule has 0 aliphatic heterocycles. The molecular formula is C22H28O6. The van der Waals surface area contributed by atoms with E-state index in [9.17, 15) is 24.9 Å². The fourth-order valence-electron chi connectivity index (χ4n) is 5.27. The molecule has 0 heterocycles. The Balaban J connectivity index is 2.32. The monoisotopic (exact) mass is 388 g/mol. The lowest BCUT2D eigenvalue weighted by atomic mass is 9.53. The summed E-state index contributed by atoms with van der Waals surface area (Å²) in [6.07, 6.45) is 0.298. The Morgan fingerprint density at radius 2 is 1.75 bits per heavy atom. The number of carbonyl (C=O) groups excluding carboxylic acids is 2. The number of esters is 1.